The van der Waals surface area contributed by atoms with Gasteiger partial charge in [-0.2, -0.15) is 10.5 Å². The SMILES string of the molecule is COc1cc2sc(C(=O)N3CCOCC3)c(C)c2c(C#N)c1OC.Cc1c(C(=O)N2CCOCC2)sc2cc(O)c(O)c(C#N)c12. The van der Waals surface area contributed by atoms with Crippen molar-refractivity contribution in [1.29, 1.82) is 10.5 Å². The Hall–Kier alpha value is -4.60. The number of rotatable bonds is 4. The standard InChI is InChI=1S/C17H18N2O4S.C15H14N2O4S/c1-10-14-11(9-18)15(22-3)12(21-2)8-13(14)24-16(10)17(20)19-4-6-23-7-5-19;1-8-12-9(7-16)13(19)10(18)6-11(12)22-14(8)15(20)17-2-4-21-5-3-17/h8H,4-7H2,1-3H3;6,18-19H,2-5H2,1H3. The number of fused-ring (bicyclic) bond motifs is 2. The number of thiophene rings is 2. The Morgan fingerprint density at radius 3 is 1.67 bits per heavy atom. The summed E-state index contributed by atoms with van der Waals surface area (Å²) < 4.78 is 22.7. The molecular weight excluding hydrogens is 633 g/mol. The van der Waals surface area contributed by atoms with Crippen LogP contribution in [0, 0.1) is 36.5 Å². The van der Waals surface area contributed by atoms with E-state index in [4.69, 9.17) is 18.9 Å². The number of nitrogens with zero attached hydrogens (tertiary/aromatic N) is 4. The minimum absolute atomic E-state index is 0.00442. The number of phenols is 2. The van der Waals surface area contributed by atoms with E-state index in [0.717, 1.165) is 15.6 Å². The van der Waals surface area contributed by atoms with Gasteiger partial charge in [0.1, 0.15) is 23.3 Å². The molecule has 4 aromatic rings. The Bertz CT molecular complexity index is 1910. The second kappa shape index (κ2) is 13.8. The van der Waals surface area contributed by atoms with Gasteiger partial charge in [0.2, 0.25) is 0 Å². The van der Waals surface area contributed by atoms with Crippen molar-refractivity contribution in [2.45, 2.75) is 13.8 Å². The number of aryl methyl sites for hydroxylation is 2. The third-order valence-electron chi connectivity index (χ3n) is 7.94. The van der Waals surface area contributed by atoms with Crippen LogP contribution in [0.5, 0.6) is 23.0 Å². The van der Waals surface area contributed by atoms with Gasteiger partial charge < -0.3 is 39.0 Å². The fourth-order valence-corrected chi connectivity index (χ4v) is 7.99. The molecule has 0 radical (unpaired) electrons. The number of morpholine rings is 2. The van der Waals surface area contributed by atoms with E-state index < -0.39 is 5.75 Å². The largest absolute Gasteiger partial charge is 0.504 e. The van der Waals surface area contributed by atoms with Crippen molar-refractivity contribution in [3.05, 3.63) is 44.1 Å². The molecule has 0 atom stereocenters. The summed E-state index contributed by atoms with van der Waals surface area (Å²) in [5.74, 6) is -0.0208. The Morgan fingerprint density at radius 2 is 1.24 bits per heavy atom. The summed E-state index contributed by atoms with van der Waals surface area (Å²) in [5, 5.41) is 39.7. The molecule has 0 bridgehead atoms. The van der Waals surface area contributed by atoms with Crippen LogP contribution < -0.4 is 9.47 Å². The lowest BCUT2D eigenvalue weighted by molar-refractivity contribution is 0.0304. The van der Waals surface area contributed by atoms with Gasteiger partial charge in [-0.25, -0.2) is 0 Å². The molecule has 2 fully saturated rings. The minimum Gasteiger partial charge on any atom is -0.504 e. The van der Waals surface area contributed by atoms with Crippen LogP contribution >= 0.6 is 22.7 Å². The van der Waals surface area contributed by atoms with Crippen LogP contribution in [0.2, 0.25) is 0 Å². The lowest BCUT2D eigenvalue weighted by Gasteiger charge is -2.26. The first-order valence-electron chi connectivity index (χ1n) is 14.4. The van der Waals surface area contributed by atoms with Gasteiger partial charge in [0.15, 0.2) is 23.0 Å². The molecule has 0 aliphatic carbocycles. The Labute approximate surface area is 273 Å². The second-order valence-electron chi connectivity index (χ2n) is 10.5. The fourth-order valence-electron chi connectivity index (χ4n) is 5.55. The summed E-state index contributed by atoms with van der Waals surface area (Å²) in [6.45, 7) is 8.02. The van der Waals surface area contributed by atoms with Gasteiger partial charge in [-0.15, -0.1) is 22.7 Å². The minimum atomic E-state index is -0.443. The molecule has 14 heteroatoms. The summed E-state index contributed by atoms with van der Waals surface area (Å²) in [5.41, 5.74) is 1.87. The molecule has 2 aliphatic rings. The van der Waals surface area contributed by atoms with E-state index in [1.165, 1.54) is 43.0 Å². The zero-order valence-corrected chi connectivity index (χ0v) is 27.4. The molecule has 0 unspecified atom stereocenters. The number of hydrogen-bond donors (Lipinski definition) is 2. The van der Waals surface area contributed by atoms with E-state index in [2.05, 4.69) is 6.07 Å². The van der Waals surface area contributed by atoms with Crippen LogP contribution in [0.1, 0.15) is 41.6 Å². The third kappa shape index (κ3) is 5.88. The molecule has 0 spiro atoms. The first kappa shape index (κ1) is 32.8. The number of benzene rings is 2. The highest BCUT2D eigenvalue weighted by Crippen LogP contribution is 2.44. The van der Waals surface area contributed by atoms with Gasteiger partial charge in [-0.3, -0.25) is 9.59 Å². The summed E-state index contributed by atoms with van der Waals surface area (Å²) in [7, 11) is 3.04. The smallest absolute Gasteiger partial charge is 0.264 e. The summed E-state index contributed by atoms with van der Waals surface area (Å²) in [6.07, 6.45) is 0. The van der Waals surface area contributed by atoms with Crippen LogP contribution in [-0.4, -0.2) is 98.7 Å². The van der Waals surface area contributed by atoms with Crippen molar-refractivity contribution in [3.8, 4) is 35.1 Å². The molecule has 2 N–H and O–H groups in total. The molecule has 0 saturated carbocycles. The monoisotopic (exact) mass is 664 g/mol. The second-order valence-corrected chi connectivity index (χ2v) is 12.6. The zero-order valence-electron chi connectivity index (χ0n) is 25.8. The van der Waals surface area contributed by atoms with Crippen LogP contribution in [0.15, 0.2) is 12.1 Å². The predicted octanol–water partition coefficient (Wildman–Crippen LogP) is 4.54. The van der Waals surface area contributed by atoms with E-state index in [0.29, 0.717) is 95.1 Å². The highest BCUT2D eigenvalue weighted by Gasteiger charge is 2.28. The highest BCUT2D eigenvalue weighted by atomic mass is 32.1. The number of carbonyl (C=O) groups excluding carboxylic acids is 2. The molecule has 4 heterocycles. The zero-order chi connectivity index (χ0) is 33.1. The summed E-state index contributed by atoms with van der Waals surface area (Å²) >= 11 is 2.61. The van der Waals surface area contributed by atoms with E-state index in [9.17, 15) is 30.3 Å². The predicted molar refractivity (Wildman–Crippen MR) is 172 cm³/mol. The van der Waals surface area contributed by atoms with Crippen LogP contribution in [-0.2, 0) is 9.47 Å². The molecule has 2 saturated heterocycles. The van der Waals surface area contributed by atoms with Gasteiger partial charge in [0.25, 0.3) is 11.8 Å². The lowest BCUT2D eigenvalue weighted by Crippen LogP contribution is -2.40. The van der Waals surface area contributed by atoms with Crippen molar-refractivity contribution in [2.24, 2.45) is 0 Å². The van der Waals surface area contributed by atoms with Gasteiger partial charge in [-0.05, 0) is 25.0 Å². The number of amides is 2. The normalized spacial score (nSPS) is 14.7. The molecule has 46 heavy (non-hydrogen) atoms. The molecular formula is C32H32N4O8S2. The fraction of sp³-hybridized carbons (Fsp3) is 0.375. The number of ether oxygens (including phenoxy) is 4. The number of phenolic OH excluding ortho intramolecular Hbond substituents is 2. The van der Waals surface area contributed by atoms with E-state index >= 15 is 0 Å². The first-order valence-corrected chi connectivity index (χ1v) is 16.0. The van der Waals surface area contributed by atoms with E-state index in [1.807, 2.05) is 19.1 Å². The maximum absolute atomic E-state index is 12.8. The quantitative estimate of drug-likeness (QED) is 0.296. The van der Waals surface area contributed by atoms with E-state index in [-0.39, 0.29) is 23.1 Å². The molecule has 2 aromatic heterocycles. The highest BCUT2D eigenvalue weighted by molar-refractivity contribution is 7.21. The number of nitriles is 2. The molecule has 240 valence electrons. The van der Waals surface area contributed by atoms with Crippen molar-refractivity contribution in [1.82, 2.24) is 9.80 Å². The number of aromatic hydroxyl groups is 2. The van der Waals surface area contributed by atoms with Gasteiger partial charge in [0, 0.05) is 58.5 Å². The number of methoxy groups -OCH3 is 2. The Morgan fingerprint density at radius 1 is 0.783 bits per heavy atom. The topological polar surface area (TPSA) is 166 Å². The van der Waals surface area contributed by atoms with Gasteiger partial charge >= 0.3 is 0 Å². The van der Waals surface area contributed by atoms with Crippen molar-refractivity contribution in [3.63, 3.8) is 0 Å². The number of carbonyl (C=O) groups is 2. The summed E-state index contributed by atoms with van der Waals surface area (Å²) in [4.78, 5) is 30.2. The van der Waals surface area contributed by atoms with Crippen molar-refractivity contribution in [2.75, 3.05) is 66.8 Å². The molecule has 2 aliphatic heterocycles. The van der Waals surface area contributed by atoms with Crippen molar-refractivity contribution >= 4 is 54.7 Å². The van der Waals surface area contributed by atoms with Crippen molar-refractivity contribution < 1.29 is 38.7 Å². The molecule has 2 amide bonds. The van der Waals surface area contributed by atoms with Gasteiger partial charge in [0.05, 0.1) is 50.4 Å². The Balaban J connectivity index is 0.000000182. The average Bonchev–Trinajstić information content (AvgIpc) is 3.60. The van der Waals surface area contributed by atoms with Crippen LogP contribution in [0.4, 0.5) is 0 Å². The maximum Gasteiger partial charge on any atom is 0.264 e. The van der Waals surface area contributed by atoms with Crippen LogP contribution in [0.25, 0.3) is 20.2 Å². The Kier molecular flexibility index (Phi) is 9.84. The number of hydrogen-bond acceptors (Lipinski definition) is 12. The molecule has 6 rings (SSSR count). The molecule has 2 aromatic carbocycles. The van der Waals surface area contributed by atoms with E-state index in [1.54, 1.807) is 16.7 Å². The van der Waals surface area contributed by atoms with Crippen LogP contribution in [0.3, 0.4) is 0 Å². The third-order valence-corrected chi connectivity index (χ3v) is 10.4. The first-order chi connectivity index (χ1) is 22.2. The average molecular weight is 665 g/mol. The summed E-state index contributed by atoms with van der Waals surface area (Å²) in [6, 6.07) is 7.31. The lowest BCUT2D eigenvalue weighted by atomic mass is 10.0. The molecule has 12 nitrogen and oxygen atoms in total. The maximum atomic E-state index is 12.8. The van der Waals surface area contributed by atoms with Gasteiger partial charge in [-0.1, -0.05) is 0 Å².